The van der Waals surface area contributed by atoms with E-state index in [2.05, 4.69) is 11.1 Å². The number of hydrogen-bond acceptors (Lipinski definition) is 5. The van der Waals surface area contributed by atoms with Crippen LogP contribution >= 0.6 is 0 Å². The fourth-order valence-electron chi connectivity index (χ4n) is 2.35. The Hall–Kier alpha value is -3.65. The highest BCUT2D eigenvalue weighted by atomic mass is 16.5. The lowest BCUT2D eigenvalue weighted by atomic mass is 10.0. The molecule has 26 heavy (non-hydrogen) atoms. The van der Waals surface area contributed by atoms with E-state index in [0.717, 1.165) is 11.1 Å². The molecule has 0 saturated carbocycles. The van der Waals surface area contributed by atoms with Crippen molar-refractivity contribution in [2.75, 3.05) is 6.61 Å². The molecule has 128 valence electrons. The lowest BCUT2D eigenvalue weighted by Crippen LogP contribution is -2.04. The number of nitrogens with zero attached hydrogens (tertiary/aromatic N) is 2. The molecule has 0 amide bonds. The second-order valence-corrected chi connectivity index (χ2v) is 5.42. The van der Waals surface area contributed by atoms with E-state index < -0.39 is 5.97 Å². The second kappa shape index (κ2) is 7.95. The Kier molecular flexibility index (Phi) is 5.25. The van der Waals surface area contributed by atoms with Gasteiger partial charge in [-0.1, -0.05) is 24.3 Å². The molecule has 0 fully saturated rings. The summed E-state index contributed by atoms with van der Waals surface area (Å²) < 4.78 is 10.6. The van der Waals surface area contributed by atoms with E-state index in [-0.39, 0.29) is 0 Å². The van der Waals surface area contributed by atoms with Crippen molar-refractivity contribution in [1.29, 1.82) is 5.26 Å². The molecule has 3 aromatic rings. The van der Waals surface area contributed by atoms with Crippen LogP contribution in [0.15, 0.2) is 66.9 Å². The minimum absolute atomic E-state index is 0.322. The van der Waals surface area contributed by atoms with Gasteiger partial charge in [0.15, 0.2) is 0 Å². The molecule has 0 spiro atoms. The zero-order valence-electron chi connectivity index (χ0n) is 14.2. The third-order valence-electron chi connectivity index (χ3n) is 3.67. The van der Waals surface area contributed by atoms with Gasteiger partial charge in [-0.15, -0.1) is 0 Å². The molecule has 0 N–H and O–H groups in total. The molecule has 0 aliphatic rings. The Bertz CT molecular complexity index is 925. The van der Waals surface area contributed by atoms with Crippen LogP contribution in [0.1, 0.15) is 22.8 Å². The number of ether oxygens (including phenoxy) is 2. The molecule has 0 saturated heterocycles. The van der Waals surface area contributed by atoms with E-state index in [1.165, 1.54) is 6.20 Å². The molecule has 0 atom stereocenters. The molecule has 1 aromatic heterocycles. The Balaban J connectivity index is 1.69. The maximum absolute atomic E-state index is 11.6. The standard InChI is InChI=1S/C21H16N2O3/c1-2-25-21(24)18-9-12-20(23-14-18)26-19-10-7-17(8-11-19)16-5-3-15(13-22)4-6-16/h3-12,14H,2H2,1H3. The van der Waals surface area contributed by atoms with Crippen LogP contribution < -0.4 is 4.74 Å². The van der Waals surface area contributed by atoms with Crippen molar-refractivity contribution in [3.05, 3.63) is 78.0 Å². The van der Waals surface area contributed by atoms with Crippen molar-refractivity contribution in [3.63, 3.8) is 0 Å². The van der Waals surface area contributed by atoms with Gasteiger partial charge in [-0.2, -0.15) is 5.26 Å². The van der Waals surface area contributed by atoms with Gasteiger partial charge < -0.3 is 9.47 Å². The summed E-state index contributed by atoms with van der Waals surface area (Å²) >= 11 is 0. The first-order valence-electron chi connectivity index (χ1n) is 8.11. The zero-order chi connectivity index (χ0) is 18.4. The van der Waals surface area contributed by atoms with Crippen molar-refractivity contribution in [2.45, 2.75) is 6.92 Å². The van der Waals surface area contributed by atoms with E-state index in [4.69, 9.17) is 14.7 Å². The Labute approximate surface area is 151 Å². The number of carbonyl (C=O) groups excluding carboxylic acids is 1. The maximum Gasteiger partial charge on any atom is 0.339 e. The van der Waals surface area contributed by atoms with Crippen molar-refractivity contribution in [2.24, 2.45) is 0 Å². The second-order valence-electron chi connectivity index (χ2n) is 5.42. The van der Waals surface area contributed by atoms with Gasteiger partial charge in [0.05, 0.1) is 23.8 Å². The van der Waals surface area contributed by atoms with Crippen LogP contribution in [0, 0.1) is 11.3 Å². The fraction of sp³-hybridized carbons (Fsp3) is 0.0952. The Morgan fingerprint density at radius 2 is 1.65 bits per heavy atom. The summed E-state index contributed by atoms with van der Waals surface area (Å²) in [5, 5.41) is 8.85. The van der Waals surface area contributed by atoms with Crippen LogP contribution in [-0.2, 0) is 4.74 Å². The third kappa shape index (κ3) is 4.05. The highest BCUT2D eigenvalue weighted by Crippen LogP contribution is 2.25. The number of hydrogen-bond donors (Lipinski definition) is 0. The summed E-state index contributed by atoms with van der Waals surface area (Å²) in [4.78, 5) is 15.7. The molecule has 0 bridgehead atoms. The number of esters is 1. The molecule has 3 rings (SSSR count). The van der Waals surface area contributed by atoms with Crippen LogP contribution in [0.2, 0.25) is 0 Å². The summed E-state index contributed by atoms with van der Waals surface area (Å²) in [6, 6.07) is 20.3. The number of pyridine rings is 1. The van der Waals surface area contributed by atoms with Crippen LogP contribution in [0.4, 0.5) is 0 Å². The topological polar surface area (TPSA) is 72.2 Å². The molecule has 0 unspecified atom stereocenters. The highest BCUT2D eigenvalue weighted by molar-refractivity contribution is 5.89. The van der Waals surface area contributed by atoms with Crippen LogP contribution in [0.3, 0.4) is 0 Å². The molecule has 0 radical (unpaired) electrons. The van der Waals surface area contributed by atoms with Crippen molar-refractivity contribution in [1.82, 2.24) is 4.98 Å². The van der Waals surface area contributed by atoms with Crippen molar-refractivity contribution in [3.8, 4) is 28.8 Å². The lowest BCUT2D eigenvalue weighted by molar-refractivity contribution is 0.0526. The van der Waals surface area contributed by atoms with Gasteiger partial charge >= 0.3 is 5.97 Å². The maximum atomic E-state index is 11.6. The SMILES string of the molecule is CCOC(=O)c1ccc(Oc2ccc(-c3ccc(C#N)cc3)cc2)nc1. The predicted octanol–water partition coefficient (Wildman–Crippen LogP) is 4.59. The van der Waals surface area contributed by atoms with E-state index in [1.807, 2.05) is 36.4 Å². The number of aromatic nitrogens is 1. The third-order valence-corrected chi connectivity index (χ3v) is 3.67. The summed E-state index contributed by atoms with van der Waals surface area (Å²) in [6.45, 7) is 2.08. The fourth-order valence-corrected chi connectivity index (χ4v) is 2.35. The van der Waals surface area contributed by atoms with Gasteiger partial charge in [0.25, 0.3) is 0 Å². The van der Waals surface area contributed by atoms with E-state index in [1.54, 1.807) is 31.2 Å². The summed E-state index contributed by atoms with van der Waals surface area (Å²) in [5.41, 5.74) is 3.06. The molecule has 5 heteroatoms. The first kappa shape index (κ1) is 17.2. The normalized spacial score (nSPS) is 10.0. The molecular formula is C21H16N2O3. The van der Waals surface area contributed by atoms with Crippen molar-refractivity contribution >= 4 is 5.97 Å². The number of benzene rings is 2. The minimum atomic E-state index is -0.404. The largest absolute Gasteiger partial charge is 0.462 e. The predicted molar refractivity (Wildman–Crippen MR) is 96.9 cm³/mol. The van der Waals surface area contributed by atoms with Crippen LogP contribution in [-0.4, -0.2) is 17.6 Å². The Morgan fingerprint density at radius 3 is 2.19 bits per heavy atom. The molecular weight excluding hydrogens is 328 g/mol. The van der Waals surface area contributed by atoms with Gasteiger partial charge in [-0.25, -0.2) is 9.78 Å². The summed E-state index contributed by atoms with van der Waals surface area (Å²) in [6.07, 6.45) is 1.43. The van der Waals surface area contributed by atoms with E-state index in [9.17, 15) is 4.79 Å². The summed E-state index contributed by atoms with van der Waals surface area (Å²) in [7, 11) is 0. The minimum Gasteiger partial charge on any atom is -0.462 e. The number of nitriles is 1. The van der Waals surface area contributed by atoms with E-state index in [0.29, 0.717) is 29.4 Å². The highest BCUT2D eigenvalue weighted by Gasteiger charge is 2.07. The first-order valence-corrected chi connectivity index (χ1v) is 8.11. The molecule has 1 heterocycles. The van der Waals surface area contributed by atoms with Crippen LogP contribution in [0.25, 0.3) is 11.1 Å². The molecule has 0 aliphatic heterocycles. The number of rotatable bonds is 5. The Morgan fingerprint density at radius 1 is 1.00 bits per heavy atom. The number of carbonyl (C=O) groups is 1. The van der Waals surface area contributed by atoms with E-state index >= 15 is 0 Å². The quantitative estimate of drug-likeness (QED) is 0.633. The van der Waals surface area contributed by atoms with Crippen molar-refractivity contribution < 1.29 is 14.3 Å². The monoisotopic (exact) mass is 344 g/mol. The van der Waals surface area contributed by atoms with Gasteiger partial charge in [0.1, 0.15) is 5.75 Å². The van der Waals surface area contributed by atoms with Gasteiger partial charge in [-0.05, 0) is 48.4 Å². The lowest BCUT2D eigenvalue weighted by Gasteiger charge is -2.07. The van der Waals surface area contributed by atoms with Gasteiger partial charge in [-0.3, -0.25) is 0 Å². The first-order chi connectivity index (χ1) is 12.7. The van der Waals surface area contributed by atoms with Crippen LogP contribution in [0.5, 0.6) is 11.6 Å². The molecule has 5 nitrogen and oxygen atoms in total. The zero-order valence-corrected chi connectivity index (χ0v) is 14.2. The molecule has 0 aliphatic carbocycles. The molecule has 2 aromatic carbocycles. The average Bonchev–Trinajstić information content (AvgIpc) is 2.69. The smallest absolute Gasteiger partial charge is 0.339 e. The average molecular weight is 344 g/mol. The van der Waals surface area contributed by atoms with Gasteiger partial charge in [0, 0.05) is 12.3 Å². The summed E-state index contributed by atoms with van der Waals surface area (Å²) in [5.74, 6) is 0.626. The van der Waals surface area contributed by atoms with Gasteiger partial charge in [0.2, 0.25) is 5.88 Å².